The van der Waals surface area contributed by atoms with E-state index in [1.807, 2.05) is 0 Å². The number of nitrogens with one attached hydrogen (secondary N) is 1. The number of carboxylic acids is 1. The number of carbonyl (C=O) groups excluding carboxylic acids is 1. The maximum Gasteiger partial charge on any atom is 0.326 e. The van der Waals surface area contributed by atoms with Crippen molar-refractivity contribution in [2.45, 2.75) is 45.1 Å². The van der Waals surface area contributed by atoms with Crippen molar-refractivity contribution >= 4 is 12.0 Å². The molecule has 1 saturated carbocycles. The summed E-state index contributed by atoms with van der Waals surface area (Å²) >= 11 is 0. The van der Waals surface area contributed by atoms with Crippen molar-refractivity contribution in [1.82, 2.24) is 10.2 Å². The first-order valence-corrected chi connectivity index (χ1v) is 6.29. The number of carboxylic acid groups (broad SMARTS) is 1. The van der Waals surface area contributed by atoms with Gasteiger partial charge >= 0.3 is 12.0 Å². The minimum absolute atomic E-state index is 0.219. The van der Waals surface area contributed by atoms with E-state index in [-0.39, 0.29) is 11.4 Å². The second-order valence-corrected chi connectivity index (χ2v) is 5.51. The molecule has 0 radical (unpaired) electrons. The van der Waals surface area contributed by atoms with Crippen LogP contribution in [0.5, 0.6) is 0 Å². The highest BCUT2D eigenvalue weighted by Crippen LogP contribution is 2.39. The highest BCUT2D eigenvalue weighted by atomic mass is 16.4. The highest BCUT2D eigenvalue weighted by Gasteiger charge is 2.36. The van der Waals surface area contributed by atoms with Crippen molar-refractivity contribution in [3.8, 4) is 0 Å². The Hall–Kier alpha value is -1.26. The molecule has 0 aromatic carbocycles. The van der Waals surface area contributed by atoms with Gasteiger partial charge in [-0.25, -0.2) is 9.59 Å². The Labute approximate surface area is 101 Å². The molecule has 2 rings (SSSR count). The van der Waals surface area contributed by atoms with E-state index in [0.29, 0.717) is 19.5 Å². The average Bonchev–Trinajstić information content (AvgIpc) is 2.72. The summed E-state index contributed by atoms with van der Waals surface area (Å²) in [4.78, 5) is 24.3. The zero-order valence-corrected chi connectivity index (χ0v) is 10.2. The van der Waals surface area contributed by atoms with Crippen molar-refractivity contribution in [3.63, 3.8) is 0 Å². The van der Waals surface area contributed by atoms with Crippen LogP contribution < -0.4 is 5.32 Å². The molecule has 2 aliphatic rings. The molecule has 0 unspecified atom stereocenters. The standard InChI is InChI=1S/C12H20N2O3/c1-12(5-3-6-12)8-13-11(17)14-7-2-4-9(14)10(15)16/h9H,2-8H2,1H3,(H,13,17)(H,15,16)/t9-/m1/s1. The molecule has 0 spiro atoms. The number of amides is 2. The second kappa shape index (κ2) is 4.55. The van der Waals surface area contributed by atoms with E-state index in [4.69, 9.17) is 5.11 Å². The summed E-state index contributed by atoms with van der Waals surface area (Å²) in [5.74, 6) is -0.896. The molecule has 1 aliphatic carbocycles. The van der Waals surface area contributed by atoms with E-state index >= 15 is 0 Å². The molecule has 1 saturated heterocycles. The molecule has 2 amide bonds. The van der Waals surface area contributed by atoms with Crippen LogP contribution in [0.25, 0.3) is 0 Å². The Morgan fingerprint density at radius 1 is 1.41 bits per heavy atom. The molecule has 96 valence electrons. The van der Waals surface area contributed by atoms with Crippen molar-refractivity contribution in [2.75, 3.05) is 13.1 Å². The first-order valence-electron chi connectivity index (χ1n) is 6.29. The lowest BCUT2D eigenvalue weighted by Gasteiger charge is -2.39. The van der Waals surface area contributed by atoms with Crippen LogP contribution in [0.15, 0.2) is 0 Å². The fourth-order valence-electron chi connectivity index (χ4n) is 2.61. The van der Waals surface area contributed by atoms with Gasteiger partial charge in [0, 0.05) is 13.1 Å². The number of hydrogen-bond donors (Lipinski definition) is 2. The molecule has 0 bridgehead atoms. The third kappa shape index (κ3) is 2.53. The summed E-state index contributed by atoms with van der Waals surface area (Å²) in [6, 6.07) is -0.854. The molecular weight excluding hydrogens is 220 g/mol. The summed E-state index contributed by atoms with van der Waals surface area (Å²) in [6.45, 7) is 3.38. The van der Waals surface area contributed by atoms with E-state index in [2.05, 4.69) is 12.2 Å². The number of rotatable bonds is 3. The topological polar surface area (TPSA) is 69.6 Å². The van der Waals surface area contributed by atoms with Crippen LogP contribution in [0, 0.1) is 5.41 Å². The fraction of sp³-hybridized carbons (Fsp3) is 0.833. The van der Waals surface area contributed by atoms with Gasteiger partial charge in [0.15, 0.2) is 0 Å². The molecular formula is C12H20N2O3. The van der Waals surface area contributed by atoms with Gasteiger partial charge in [-0.3, -0.25) is 0 Å². The van der Waals surface area contributed by atoms with E-state index in [1.165, 1.54) is 11.3 Å². The van der Waals surface area contributed by atoms with Gasteiger partial charge in [-0.2, -0.15) is 0 Å². The largest absolute Gasteiger partial charge is 0.480 e. The van der Waals surface area contributed by atoms with E-state index < -0.39 is 12.0 Å². The molecule has 5 nitrogen and oxygen atoms in total. The minimum atomic E-state index is -0.896. The monoisotopic (exact) mass is 240 g/mol. The van der Waals surface area contributed by atoms with E-state index in [0.717, 1.165) is 19.3 Å². The third-order valence-electron chi connectivity index (χ3n) is 4.03. The predicted molar refractivity (Wildman–Crippen MR) is 62.7 cm³/mol. The third-order valence-corrected chi connectivity index (χ3v) is 4.03. The number of carbonyl (C=O) groups is 2. The Bertz CT molecular complexity index is 326. The molecule has 1 heterocycles. The van der Waals surface area contributed by atoms with Gasteiger partial charge < -0.3 is 15.3 Å². The number of likely N-dealkylation sites (tertiary alicyclic amines) is 1. The summed E-state index contributed by atoms with van der Waals surface area (Å²) < 4.78 is 0. The highest BCUT2D eigenvalue weighted by molar-refractivity contribution is 5.83. The summed E-state index contributed by atoms with van der Waals surface area (Å²) in [7, 11) is 0. The predicted octanol–water partition coefficient (Wildman–Crippen LogP) is 1.44. The van der Waals surface area contributed by atoms with Crippen molar-refractivity contribution in [1.29, 1.82) is 0 Å². The maximum absolute atomic E-state index is 11.9. The lowest BCUT2D eigenvalue weighted by molar-refractivity contribution is -0.141. The van der Waals surface area contributed by atoms with Crippen LogP contribution in [-0.2, 0) is 4.79 Å². The molecule has 1 aliphatic heterocycles. The Morgan fingerprint density at radius 3 is 2.65 bits per heavy atom. The van der Waals surface area contributed by atoms with Crippen molar-refractivity contribution in [2.24, 2.45) is 5.41 Å². The van der Waals surface area contributed by atoms with Crippen molar-refractivity contribution in [3.05, 3.63) is 0 Å². The molecule has 17 heavy (non-hydrogen) atoms. The lowest BCUT2D eigenvalue weighted by atomic mass is 9.70. The quantitative estimate of drug-likeness (QED) is 0.784. The van der Waals surface area contributed by atoms with Crippen LogP contribution in [0.1, 0.15) is 39.0 Å². The van der Waals surface area contributed by atoms with Gasteiger partial charge in [0.1, 0.15) is 6.04 Å². The Balaban J connectivity index is 1.84. The number of nitrogens with zero attached hydrogens (tertiary/aromatic N) is 1. The second-order valence-electron chi connectivity index (χ2n) is 5.51. The smallest absolute Gasteiger partial charge is 0.326 e. The van der Waals surface area contributed by atoms with Gasteiger partial charge in [-0.05, 0) is 31.1 Å². The Kier molecular flexibility index (Phi) is 3.26. The first kappa shape index (κ1) is 12.2. The zero-order chi connectivity index (χ0) is 12.5. The molecule has 1 atom stereocenters. The summed E-state index contributed by atoms with van der Waals surface area (Å²) in [5.41, 5.74) is 0.230. The van der Waals surface area contributed by atoms with E-state index in [9.17, 15) is 9.59 Å². The summed E-state index contributed by atoms with van der Waals surface area (Å²) in [6.07, 6.45) is 4.88. The van der Waals surface area contributed by atoms with Crippen LogP contribution in [0.2, 0.25) is 0 Å². The van der Waals surface area contributed by atoms with Gasteiger partial charge in [0.05, 0.1) is 0 Å². The molecule has 5 heteroatoms. The SMILES string of the molecule is CC1(CNC(=O)N2CCC[C@@H]2C(=O)O)CCC1. The van der Waals surface area contributed by atoms with Gasteiger partial charge in [0.2, 0.25) is 0 Å². The van der Waals surface area contributed by atoms with Crippen molar-refractivity contribution < 1.29 is 14.7 Å². The van der Waals surface area contributed by atoms with Gasteiger partial charge in [-0.1, -0.05) is 13.3 Å². The van der Waals surface area contributed by atoms with Crippen LogP contribution in [0.4, 0.5) is 4.79 Å². The maximum atomic E-state index is 11.9. The summed E-state index contributed by atoms with van der Waals surface area (Å²) in [5, 5.41) is 11.9. The molecule has 0 aromatic heterocycles. The normalized spacial score (nSPS) is 26.4. The lowest BCUT2D eigenvalue weighted by Crippen LogP contribution is -2.49. The minimum Gasteiger partial charge on any atom is -0.480 e. The number of hydrogen-bond acceptors (Lipinski definition) is 2. The van der Waals surface area contributed by atoms with E-state index in [1.54, 1.807) is 0 Å². The molecule has 0 aromatic rings. The Morgan fingerprint density at radius 2 is 2.12 bits per heavy atom. The average molecular weight is 240 g/mol. The molecule has 2 fully saturated rings. The number of urea groups is 1. The fourth-order valence-corrected chi connectivity index (χ4v) is 2.61. The van der Waals surface area contributed by atoms with Gasteiger partial charge in [0.25, 0.3) is 0 Å². The van der Waals surface area contributed by atoms with Crippen LogP contribution >= 0.6 is 0 Å². The van der Waals surface area contributed by atoms with Crippen LogP contribution in [-0.4, -0.2) is 41.1 Å². The zero-order valence-electron chi connectivity index (χ0n) is 10.2. The van der Waals surface area contributed by atoms with Gasteiger partial charge in [-0.15, -0.1) is 0 Å². The molecule has 2 N–H and O–H groups in total. The number of aliphatic carboxylic acids is 1. The van der Waals surface area contributed by atoms with Crippen LogP contribution in [0.3, 0.4) is 0 Å². The first-order chi connectivity index (χ1) is 8.02.